The highest BCUT2D eigenvalue weighted by atomic mass is 32.2. The highest BCUT2D eigenvalue weighted by Crippen LogP contribution is 2.30. The summed E-state index contributed by atoms with van der Waals surface area (Å²) in [7, 11) is -1.93. The third-order valence-electron chi connectivity index (χ3n) is 4.79. The van der Waals surface area contributed by atoms with Crippen LogP contribution in [0.4, 0.5) is 10.1 Å². The summed E-state index contributed by atoms with van der Waals surface area (Å²) in [4.78, 5) is 12.3. The number of anilines is 1. The lowest BCUT2D eigenvalue weighted by atomic mass is 10.2. The van der Waals surface area contributed by atoms with Crippen LogP contribution >= 0.6 is 0 Å². The van der Waals surface area contributed by atoms with E-state index < -0.39 is 21.6 Å². The predicted octanol–water partition coefficient (Wildman–Crippen LogP) is 4.20. The largest absolute Gasteiger partial charge is 0.494 e. The Labute approximate surface area is 164 Å². The second kappa shape index (κ2) is 8.56. The normalized spacial score (nSPS) is 15.1. The lowest BCUT2D eigenvalue weighted by molar-refractivity contribution is -0.111. The standard InChI is InChI=1S/C21H22FNO4S/c1-27-20-12-6-15(14-19(20)22)7-13-21(24)23-16-8-10-18(11-9-16)28(25,26)17-4-2-3-5-17/h6-14,17H,2-5H2,1H3,(H,23,24)/b13-7+. The summed E-state index contributed by atoms with van der Waals surface area (Å²) in [5, 5.41) is 2.35. The van der Waals surface area contributed by atoms with Crippen molar-refractivity contribution in [1.82, 2.24) is 0 Å². The van der Waals surface area contributed by atoms with E-state index in [4.69, 9.17) is 4.74 Å². The van der Waals surface area contributed by atoms with Gasteiger partial charge >= 0.3 is 0 Å². The van der Waals surface area contributed by atoms with Gasteiger partial charge in [0, 0.05) is 11.8 Å². The van der Waals surface area contributed by atoms with Crippen LogP contribution in [0.1, 0.15) is 31.2 Å². The highest BCUT2D eigenvalue weighted by Gasteiger charge is 2.30. The Bertz CT molecular complexity index is 978. The predicted molar refractivity (Wildman–Crippen MR) is 106 cm³/mol. The van der Waals surface area contributed by atoms with Crippen LogP contribution in [-0.2, 0) is 14.6 Å². The van der Waals surface area contributed by atoms with Crippen LogP contribution in [0.2, 0.25) is 0 Å². The van der Waals surface area contributed by atoms with Gasteiger partial charge in [-0.25, -0.2) is 12.8 Å². The zero-order valence-electron chi connectivity index (χ0n) is 15.5. The molecule has 0 bridgehead atoms. The number of nitrogens with one attached hydrogen (secondary N) is 1. The number of hydrogen-bond donors (Lipinski definition) is 1. The first-order chi connectivity index (χ1) is 13.4. The van der Waals surface area contributed by atoms with Gasteiger partial charge in [-0.2, -0.15) is 0 Å². The van der Waals surface area contributed by atoms with Crippen molar-refractivity contribution in [2.24, 2.45) is 0 Å². The van der Waals surface area contributed by atoms with E-state index in [0.29, 0.717) is 24.1 Å². The van der Waals surface area contributed by atoms with E-state index in [1.54, 1.807) is 18.2 Å². The van der Waals surface area contributed by atoms with Gasteiger partial charge < -0.3 is 10.1 Å². The third kappa shape index (κ3) is 4.59. The molecule has 0 unspecified atom stereocenters. The SMILES string of the molecule is COc1ccc(/C=C/C(=O)Nc2ccc(S(=O)(=O)C3CCCC3)cc2)cc1F. The van der Waals surface area contributed by atoms with Gasteiger partial charge in [0.05, 0.1) is 17.3 Å². The monoisotopic (exact) mass is 403 g/mol. The molecule has 1 N–H and O–H groups in total. The van der Waals surface area contributed by atoms with Gasteiger partial charge in [0.15, 0.2) is 21.4 Å². The number of ether oxygens (including phenoxy) is 1. The fraction of sp³-hybridized carbons (Fsp3) is 0.286. The topological polar surface area (TPSA) is 72.5 Å². The van der Waals surface area contributed by atoms with Crippen LogP contribution in [0.25, 0.3) is 6.08 Å². The lowest BCUT2D eigenvalue weighted by Gasteiger charge is -2.11. The number of carbonyl (C=O) groups excluding carboxylic acids is 1. The van der Waals surface area contributed by atoms with Crippen molar-refractivity contribution in [2.45, 2.75) is 35.8 Å². The molecule has 28 heavy (non-hydrogen) atoms. The van der Waals surface area contributed by atoms with E-state index >= 15 is 0 Å². The average Bonchev–Trinajstić information content (AvgIpc) is 3.23. The molecule has 2 aromatic rings. The molecule has 1 aliphatic carbocycles. The second-order valence-corrected chi connectivity index (χ2v) is 8.92. The Morgan fingerprint density at radius 2 is 1.82 bits per heavy atom. The van der Waals surface area contributed by atoms with Crippen LogP contribution in [0.15, 0.2) is 53.4 Å². The summed E-state index contributed by atoms with van der Waals surface area (Å²) < 4.78 is 43.6. The smallest absolute Gasteiger partial charge is 0.248 e. The first-order valence-corrected chi connectivity index (χ1v) is 10.6. The molecule has 0 aromatic heterocycles. The molecule has 3 rings (SSSR count). The summed E-state index contributed by atoms with van der Waals surface area (Å²) in [5.74, 6) is -0.777. The molecule has 0 radical (unpaired) electrons. The summed E-state index contributed by atoms with van der Waals surface area (Å²) in [6.07, 6.45) is 6.07. The molecule has 148 valence electrons. The zero-order chi connectivity index (χ0) is 20.1. The van der Waals surface area contributed by atoms with Gasteiger partial charge in [-0.1, -0.05) is 18.9 Å². The molecule has 1 saturated carbocycles. The number of methoxy groups -OCH3 is 1. The van der Waals surface area contributed by atoms with Gasteiger partial charge in [0.25, 0.3) is 0 Å². The van der Waals surface area contributed by atoms with E-state index in [2.05, 4.69) is 5.32 Å². The van der Waals surface area contributed by atoms with Crippen LogP contribution in [0.5, 0.6) is 5.75 Å². The molecule has 2 aromatic carbocycles. The van der Waals surface area contributed by atoms with Crippen molar-refractivity contribution in [3.8, 4) is 5.75 Å². The number of amides is 1. The van der Waals surface area contributed by atoms with E-state index in [-0.39, 0.29) is 15.9 Å². The molecular formula is C21H22FNO4S. The minimum atomic E-state index is -3.31. The quantitative estimate of drug-likeness (QED) is 0.734. The molecule has 1 fully saturated rings. The molecular weight excluding hydrogens is 381 g/mol. The van der Waals surface area contributed by atoms with E-state index in [9.17, 15) is 17.6 Å². The van der Waals surface area contributed by atoms with Gasteiger partial charge in [0.2, 0.25) is 5.91 Å². The molecule has 1 amide bonds. The van der Waals surface area contributed by atoms with Crippen LogP contribution in [0, 0.1) is 5.82 Å². The molecule has 0 saturated heterocycles. The second-order valence-electron chi connectivity index (χ2n) is 6.69. The Morgan fingerprint density at radius 3 is 2.43 bits per heavy atom. The lowest BCUT2D eigenvalue weighted by Crippen LogP contribution is -2.17. The highest BCUT2D eigenvalue weighted by molar-refractivity contribution is 7.92. The average molecular weight is 403 g/mol. The maximum atomic E-state index is 13.7. The van der Waals surface area contributed by atoms with E-state index in [1.165, 1.54) is 43.5 Å². The number of rotatable bonds is 6. The van der Waals surface area contributed by atoms with E-state index in [1.807, 2.05) is 0 Å². The zero-order valence-corrected chi connectivity index (χ0v) is 16.3. The number of hydrogen-bond acceptors (Lipinski definition) is 4. The van der Waals surface area contributed by atoms with Gasteiger partial charge in [-0.15, -0.1) is 0 Å². The Morgan fingerprint density at radius 1 is 1.14 bits per heavy atom. The summed E-state index contributed by atoms with van der Waals surface area (Å²) in [6.45, 7) is 0. The molecule has 0 aliphatic heterocycles. The fourth-order valence-corrected chi connectivity index (χ4v) is 5.12. The number of halogens is 1. The minimum absolute atomic E-state index is 0.134. The summed E-state index contributed by atoms with van der Waals surface area (Å²) in [5.41, 5.74) is 1.01. The Kier molecular flexibility index (Phi) is 6.14. The Hall–Kier alpha value is -2.67. The fourth-order valence-electron chi connectivity index (χ4n) is 3.26. The van der Waals surface area contributed by atoms with Crippen LogP contribution < -0.4 is 10.1 Å². The molecule has 1 aliphatic rings. The maximum absolute atomic E-state index is 13.7. The minimum Gasteiger partial charge on any atom is -0.494 e. The molecule has 7 heteroatoms. The van der Waals surface area contributed by atoms with Crippen molar-refractivity contribution < 1.29 is 22.3 Å². The number of sulfone groups is 1. The summed E-state index contributed by atoms with van der Waals surface area (Å²) in [6, 6.07) is 10.6. The van der Waals surface area contributed by atoms with Gasteiger partial charge in [-0.05, 0) is 60.9 Å². The summed E-state index contributed by atoms with van der Waals surface area (Å²) >= 11 is 0. The van der Waals surface area contributed by atoms with E-state index in [0.717, 1.165) is 12.8 Å². The van der Waals surface area contributed by atoms with Crippen LogP contribution in [-0.4, -0.2) is 26.7 Å². The molecule has 0 spiro atoms. The van der Waals surface area contributed by atoms with Crippen LogP contribution in [0.3, 0.4) is 0 Å². The van der Waals surface area contributed by atoms with Crippen molar-refractivity contribution in [1.29, 1.82) is 0 Å². The Balaban J connectivity index is 1.63. The van der Waals surface area contributed by atoms with Gasteiger partial charge in [0.1, 0.15) is 0 Å². The molecule has 0 heterocycles. The first-order valence-electron chi connectivity index (χ1n) is 9.07. The van der Waals surface area contributed by atoms with Crippen molar-refractivity contribution in [3.63, 3.8) is 0 Å². The molecule has 0 atom stereocenters. The maximum Gasteiger partial charge on any atom is 0.248 e. The van der Waals surface area contributed by atoms with Crippen molar-refractivity contribution in [2.75, 3.05) is 12.4 Å². The number of benzene rings is 2. The van der Waals surface area contributed by atoms with Crippen molar-refractivity contribution in [3.05, 3.63) is 59.9 Å². The molecule has 5 nitrogen and oxygen atoms in total. The first kappa shape index (κ1) is 20.1. The van der Waals surface area contributed by atoms with Crippen molar-refractivity contribution >= 4 is 27.5 Å². The van der Waals surface area contributed by atoms with Gasteiger partial charge in [-0.3, -0.25) is 4.79 Å². The number of carbonyl (C=O) groups is 1. The third-order valence-corrected chi connectivity index (χ3v) is 7.07.